The predicted molar refractivity (Wildman–Crippen MR) is 84.8 cm³/mol. The van der Waals surface area contributed by atoms with Gasteiger partial charge in [-0.2, -0.15) is 13.2 Å². The van der Waals surface area contributed by atoms with Crippen molar-refractivity contribution < 1.29 is 18.0 Å². The normalized spacial score (nSPS) is 11.2. The lowest BCUT2D eigenvalue weighted by atomic mass is 10.1. The van der Waals surface area contributed by atoms with Crippen molar-refractivity contribution in [1.82, 2.24) is 0 Å². The van der Waals surface area contributed by atoms with Gasteiger partial charge in [-0.15, -0.1) is 0 Å². The molecule has 0 aromatic heterocycles. The van der Waals surface area contributed by atoms with E-state index < -0.39 is 17.6 Å². The molecule has 2 aromatic carbocycles. The number of carbonyl (C=O) groups excluding carboxylic acids is 1. The second kappa shape index (κ2) is 6.91. The molecule has 0 fully saturated rings. The molecule has 0 aliphatic carbocycles. The topological polar surface area (TPSA) is 41.1 Å². The Bertz CT molecular complexity index is 717. The van der Waals surface area contributed by atoms with Gasteiger partial charge in [-0.25, -0.2) is 0 Å². The third-order valence-electron chi connectivity index (χ3n) is 3.07. The molecule has 2 N–H and O–H groups in total. The largest absolute Gasteiger partial charge is 0.418 e. The molecule has 0 unspecified atom stereocenters. The molecule has 0 aliphatic heterocycles. The van der Waals surface area contributed by atoms with Crippen molar-refractivity contribution >= 4 is 28.9 Å². The molecular formula is C16H14ClF3N2O. The minimum atomic E-state index is -4.53. The van der Waals surface area contributed by atoms with Crippen molar-refractivity contribution in [3.63, 3.8) is 0 Å². The van der Waals surface area contributed by atoms with Crippen molar-refractivity contribution in [3.8, 4) is 0 Å². The Hall–Kier alpha value is -2.21. The molecule has 0 bridgehead atoms. The maximum atomic E-state index is 12.9. The quantitative estimate of drug-likeness (QED) is 0.844. The van der Waals surface area contributed by atoms with Crippen LogP contribution in [-0.2, 0) is 11.0 Å². The highest BCUT2D eigenvalue weighted by Crippen LogP contribution is 2.34. The zero-order valence-electron chi connectivity index (χ0n) is 12.2. The van der Waals surface area contributed by atoms with Crippen molar-refractivity contribution in [2.24, 2.45) is 0 Å². The van der Waals surface area contributed by atoms with Gasteiger partial charge in [0.25, 0.3) is 0 Å². The van der Waals surface area contributed by atoms with Gasteiger partial charge in [0.2, 0.25) is 5.91 Å². The second-order valence-electron chi connectivity index (χ2n) is 4.93. The molecule has 0 radical (unpaired) electrons. The zero-order valence-corrected chi connectivity index (χ0v) is 12.9. The number of para-hydroxylation sites is 1. The van der Waals surface area contributed by atoms with E-state index in [1.165, 1.54) is 18.2 Å². The van der Waals surface area contributed by atoms with Crippen LogP contribution in [0, 0.1) is 6.92 Å². The van der Waals surface area contributed by atoms with Crippen LogP contribution < -0.4 is 10.6 Å². The summed E-state index contributed by atoms with van der Waals surface area (Å²) in [5.41, 5.74) is 0.337. The predicted octanol–water partition coefficient (Wildman–Crippen LogP) is 4.72. The standard InChI is InChI=1S/C16H14ClF3N2O/c1-10-6-7-14(12(17)8-10)21-9-15(23)22-13-5-3-2-4-11(13)16(18,19)20/h2-8,21H,9H2,1H3,(H,22,23). The summed E-state index contributed by atoms with van der Waals surface area (Å²) in [6, 6.07) is 10.1. The van der Waals surface area contributed by atoms with Crippen molar-refractivity contribution in [2.45, 2.75) is 13.1 Å². The highest BCUT2D eigenvalue weighted by atomic mass is 35.5. The number of hydrogen-bond acceptors (Lipinski definition) is 2. The van der Waals surface area contributed by atoms with Crippen molar-refractivity contribution in [1.29, 1.82) is 0 Å². The summed E-state index contributed by atoms with van der Waals surface area (Å²) in [4.78, 5) is 11.9. The number of hydrogen-bond donors (Lipinski definition) is 2. The molecule has 0 spiro atoms. The summed E-state index contributed by atoms with van der Waals surface area (Å²) in [5, 5.41) is 5.49. The van der Waals surface area contributed by atoms with Gasteiger partial charge in [-0.3, -0.25) is 4.79 Å². The van der Waals surface area contributed by atoms with E-state index in [4.69, 9.17) is 11.6 Å². The van der Waals surface area contributed by atoms with Gasteiger partial charge in [0.15, 0.2) is 0 Å². The van der Waals surface area contributed by atoms with E-state index in [0.29, 0.717) is 10.7 Å². The summed E-state index contributed by atoms with van der Waals surface area (Å²) in [6.07, 6.45) is -4.53. The fourth-order valence-corrected chi connectivity index (χ4v) is 2.27. The molecule has 23 heavy (non-hydrogen) atoms. The lowest BCUT2D eigenvalue weighted by Crippen LogP contribution is -2.23. The second-order valence-corrected chi connectivity index (χ2v) is 5.34. The Balaban J connectivity index is 2.03. The Morgan fingerprint density at radius 2 is 1.83 bits per heavy atom. The van der Waals surface area contributed by atoms with Gasteiger partial charge < -0.3 is 10.6 Å². The van der Waals surface area contributed by atoms with Gasteiger partial charge in [0, 0.05) is 0 Å². The van der Waals surface area contributed by atoms with Crippen LogP contribution in [0.3, 0.4) is 0 Å². The molecule has 122 valence electrons. The first-order valence-corrected chi connectivity index (χ1v) is 7.11. The molecule has 1 amide bonds. The fraction of sp³-hybridized carbons (Fsp3) is 0.188. The molecule has 2 rings (SSSR count). The molecule has 0 saturated heterocycles. The summed E-state index contributed by atoms with van der Waals surface area (Å²) in [7, 11) is 0. The van der Waals surface area contributed by atoms with Gasteiger partial charge in [0.05, 0.1) is 28.5 Å². The molecule has 0 atom stereocenters. The Kier molecular flexibility index (Phi) is 5.15. The zero-order chi connectivity index (χ0) is 17.0. The first-order chi connectivity index (χ1) is 10.8. The number of aryl methyl sites for hydroxylation is 1. The third kappa shape index (κ3) is 4.63. The molecule has 2 aromatic rings. The number of benzene rings is 2. The van der Waals surface area contributed by atoms with E-state index in [1.54, 1.807) is 12.1 Å². The minimum Gasteiger partial charge on any atom is -0.375 e. The highest BCUT2D eigenvalue weighted by Gasteiger charge is 2.33. The fourth-order valence-electron chi connectivity index (χ4n) is 1.97. The van der Waals surface area contributed by atoms with E-state index in [9.17, 15) is 18.0 Å². The molecule has 3 nitrogen and oxygen atoms in total. The van der Waals surface area contributed by atoms with Crippen LogP contribution in [0.5, 0.6) is 0 Å². The van der Waals surface area contributed by atoms with Gasteiger partial charge in [0.1, 0.15) is 0 Å². The third-order valence-corrected chi connectivity index (χ3v) is 3.38. The summed E-state index contributed by atoms with van der Waals surface area (Å²) in [5.74, 6) is -0.599. The molecule has 0 aliphatic rings. The van der Waals surface area contributed by atoms with E-state index in [1.807, 2.05) is 13.0 Å². The van der Waals surface area contributed by atoms with Crippen molar-refractivity contribution in [2.75, 3.05) is 17.2 Å². The Labute approximate surface area is 136 Å². The molecule has 0 heterocycles. The number of amides is 1. The average molecular weight is 343 g/mol. The molecular weight excluding hydrogens is 329 g/mol. The van der Waals surface area contributed by atoms with Crippen LogP contribution in [0.4, 0.5) is 24.5 Å². The van der Waals surface area contributed by atoms with Gasteiger partial charge in [-0.1, -0.05) is 29.8 Å². The molecule has 0 saturated carbocycles. The Morgan fingerprint density at radius 1 is 1.13 bits per heavy atom. The summed E-state index contributed by atoms with van der Waals surface area (Å²) in [6.45, 7) is 1.67. The SMILES string of the molecule is Cc1ccc(NCC(=O)Nc2ccccc2C(F)(F)F)c(Cl)c1. The minimum absolute atomic E-state index is 0.199. The molecule has 7 heteroatoms. The maximum Gasteiger partial charge on any atom is 0.418 e. The van der Waals surface area contributed by atoms with Crippen LogP contribution >= 0.6 is 11.6 Å². The number of rotatable bonds is 4. The van der Waals surface area contributed by atoms with Crippen LogP contribution in [-0.4, -0.2) is 12.5 Å². The van der Waals surface area contributed by atoms with Crippen molar-refractivity contribution in [3.05, 3.63) is 58.6 Å². The average Bonchev–Trinajstić information content (AvgIpc) is 2.46. The number of anilines is 2. The van der Waals surface area contributed by atoms with Crippen LogP contribution in [0.1, 0.15) is 11.1 Å². The van der Waals surface area contributed by atoms with Gasteiger partial charge >= 0.3 is 6.18 Å². The summed E-state index contributed by atoms with van der Waals surface area (Å²) >= 11 is 6.02. The van der Waals surface area contributed by atoms with E-state index >= 15 is 0 Å². The summed E-state index contributed by atoms with van der Waals surface area (Å²) < 4.78 is 38.6. The van der Waals surface area contributed by atoms with Crippen LogP contribution in [0.2, 0.25) is 5.02 Å². The monoisotopic (exact) mass is 342 g/mol. The first kappa shape index (κ1) is 17.1. The van der Waals surface area contributed by atoms with Gasteiger partial charge in [-0.05, 0) is 36.8 Å². The smallest absolute Gasteiger partial charge is 0.375 e. The number of nitrogens with one attached hydrogen (secondary N) is 2. The van der Waals surface area contributed by atoms with E-state index in [2.05, 4.69) is 10.6 Å². The van der Waals surface area contributed by atoms with Crippen LogP contribution in [0.15, 0.2) is 42.5 Å². The maximum absolute atomic E-state index is 12.9. The first-order valence-electron chi connectivity index (χ1n) is 6.73. The number of carbonyl (C=O) groups is 1. The lowest BCUT2D eigenvalue weighted by Gasteiger charge is -2.14. The van der Waals surface area contributed by atoms with E-state index in [0.717, 1.165) is 11.6 Å². The lowest BCUT2D eigenvalue weighted by molar-refractivity contribution is -0.137. The van der Waals surface area contributed by atoms with Crippen LogP contribution in [0.25, 0.3) is 0 Å². The number of alkyl halides is 3. The number of halogens is 4. The highest BCUT2D eigenvalue weighted by molar-refractivity contribution is 6.33. The Morgan fingerprint density at radius 3 is 2.48 bits per heavy atom. The van der Waals surface area contributed by atoms with E-state index in [-0.39, 0.29) is 12.2 Å².